The van der Waals surface area contributed by atoms with Crippen molar-refractivity contribution < 1.29 is 4.39 Å². The molecule has 72 valence electrons. The van der Waals surface area contributed by atoms with Crippen LogP contribution in [0.15, 0.2) is 54.6 Å². The molecule has 0 saturated carbocycles. The molecule has 0 amide bonds. The number of benzene rings is 1. The molecule has 1 aromatic rings. The van der Waals surface area contributed by atoms with Crippen LogP contribution in [0.2, 0.25) is 0 Å². The van der Waals surface area contributed by atoms with Crippen LogP contribution in [-0.4, -0.2) is 3.68 Å². The van der Waals surface area contributed by atoms with E-state index >= 15 is 0 Å². The van der Waals surface area contributed by atoms with E-state index in [4.69, 9.17) is 0 Å². The predicted octanol–water partition coefficient (Wildman–Crippen LogP) is 4.00. The molecule has 0 fully saturated rings. The van der Waals surface area contributed by atoms with Gasteiger partial charge < -0.3 is 0 Å². The topological polar surface area (TPSA) is 0 Å². The first-order valence-electron chi connectivity index (χ1n) is 4.49. The minimum atomic E-state index is -1.30. The molecule has 0 saturated heterocycles. The van der Waals surface area contributed by atoms with Crippen LogP contribution in [0.3, 0.4) is 0 Å². The van der Waals surface area contributed by atoms with E-state index in [9.17, 15) is 4.39 Å². The summed E-state index contributed by atoms with van der Waals surface area (Å²) in [6.45, 7) is 0. The summed E-state index contributed by atoms with van der Waals surface area (Å²) in [4.78, 5) is 0. The third-order valence-corrected chi connectivity index (χ3v) is 2.96. The second-order valence-corrected chi connectivity index (χ2v) is 4.98. The lowest BCUT2D eigenvalue weighted by atomic mass is 9.94. The molecule has 0 nitrogen and oxygen atoms in total. The highest BCUT2D eigenvalue weighted by atomic mass is 127. The molecule has 0 spiro atoms. The van der Waals surface area contributed by atoms with E-state index in [0.717, 1.165) is 0 Å². The number of rotatable bonds is 1. The third-order valence-electron chi connectivity index (χ3n) is 2.24. The van der Waals surface area contributed by atoms with Gasteiger partial charge in [0.2, 0.25) is 0 Å². The highest BCUT2D eigenvalue weighted by molar-refractivity contribution is 14.1. The summed E-state index contributed by atoms with van der Waals surface area (Å²) in [6, 6.07) is 10.1. The van der Waals surface area contributed by atoms with E-state index in [-0.39, 0.29) is 5.92 Å². The fourth-order valence-corrected chi connectivity index (χ4v) is 1.90. The van der Waals surface area contributed by atoms with Gasteiger partial charge in [0.15, 0.2) is 3.68 Å². The van der Waals surface area contributed by atoms with Crippen LogP contribution in [0.25, 0.3) is 0 Å². The standard InChI is InChI=1S/C12H10FI/c13-12(14)8-6-11(7-9-12)10-4-2-1-3-5-10/h1-9,11H. The Morgan fingerprint density at radius 3 is 2.21 bits per heavy atom. The van der Waals surface area contributed by atoms with Crippen molar-refractivity contribution in [2.24, 2.45) is 0 Å². The Balaban J connectivity index is 2.22. The molecule has 0 radical (unpaired) electrons. The average molecular weight is 300 g/mol. The summed E-state index contributed by atoms with van der Waals surface area (Å²) in [6.07, 6.45) is 7.01. The Morgan fingerprint density at radius 2 is 1.64 bits per heavy atom. The lowest BCUT2D eigenvalue weighted by molar-refractivity contribution is 0.443. The van der Waals surface area contributed by atoms with Gasteiger partial charge in [0.05, 0.1) is 0 Å². The Hall–Kier alpha value is -0.640. The fraction of sp³-hybridized carbons (Fsp3) is 0.167. The van der Waals surface area contributed by atoms with Crippen LogP contribution < -0.4 is 0 Å². The zero-order chi connectivity index (χ0) is 10.0. The van der Waals surface area contributed by atoms with Gasteiger partial charge in [-0.1, -0.05) is 42.5 Å². The van der Waals surface area contributed by atoms with Crippen LogP contribution in [0.4, 0.5) is 4.39 Å². The zero-order valence-corrected chi connectivity index (χ0v) is 9.69. The van der Waals surface area contributed by atoms with Gasteiger partial charge in [-0.05, 0) is 40.3 Å². The maximum absolute atomic E-state index is 13.4. The lowest BCUT2D eigenvalue weighted by Gasteiger charge is -2.17. The SMILES string of the molecule is FC1(I)C=CC(c2ccccc2)C=C1. The van der Waals surface area contributed by atoms with Gasteiger partial charge in [-0.3, -0.25) is 0 Å². The molecule has 1 aromatic carbocycles. The van der Waals surface area contributed by atoms with Crippen LogP contribution in [0.1, 0.15) is 11.5 Å². The molecule has 0 bridgehead atoms. The third kappa shape index (κ3) is 2.23. The fourth-order valence-electron chi connectivity index (χ4n) is 1.48. The first kappa shape index (κ1) is 9.90. The van der Waals surface area contributed by atoms with Crippen molar-refractivity contribution in [1.82, 2.24) is 0 Å². The molecule has 0 N–H and O–H groups in total. The van der Waals surface area contributed by atoms with Crippen molar-refractivity contribution in [2.45, 2.75) is 9.59 Å². The lowest BCUT2D eigenvalue weighted by Crippen LogP contribution is -2.09. The molecule has 14 heavy (non-hydrogen) atoms. The Morgan fingerprint density at radius 1 is 1.07 bits per heavy atom. The van der Waals surface area contributed by atoms with Crippen molar-refractivity contribution in [3.8, 4) is 0 Å². The second kappa shape index (κ2) is 3.85. The van der Waals surface area contributed by atoms with Crippen molar-refractivity contribution in [2.75, 3.05) is 0 Å². The Labute approximate surface area is 96.7 Å². The van der Waals surface area contributed by atoms with E-state index in [1.54, 1.807) is 34.7 Å². The van der Waals surface area contributed by atoms with Crippen LogP contribution in [0.5, 0.6) is 0 Å². The monoisotopic (exact) mass is 300 g/mol. The van der Waals surface area contributed by atoms with Gasteiger partial charge >= 0.3 is 0 Å². The molecule has 1 aliphatic carbocycles. The average Bonchev–Trinajstić information content (AvgIpc) is 2.19. The second-order valence-electron chi connectivity index (χ2n) is 3.33. The minimum absolute atomic E-state index is 0.217. The smallest absolute Gasteiger partial charge is 0.197 e. The van der Waals surface area contributed by atoms with Crippen molar-refractivity contribution in [1.29, 1.82) is 0 Å². The largest absolute Gasteiger partial charge is 0.223 e. The van der Waals surface area contributed by atoms with E-state index in [1.807, 2.05) is 30.4 Å². The van der Waals surface area contributed by atoms with Gasteiger partial charge in [-0.2, -0.15) is 0 Å². The predicted molar refractivity (Wildman–Crippen MR) is 65.3 cm³/mol. The van der Waals surface area contributed by atoms with Gasteiger partial charge in [0.25, 0.3) is 0 Å². The van der Waals surface area contributed by atoms with Gasteiger partial charge in [-0.15, -0.1) is 0 Å². The van der Waals surface area contributed by atoms with Gasteiger partial charge in [0, 0.05) is 5.92 Å². The van der Waals surface area contributed by atoms with Gasteiger partial charge in [0.1, 0.15) is 0 Å². The highest BCUT2D eigenvalue weighted by Gasteiger charge is 2.21. The first-order chi connectivity index (χ1) is 6.67. The molecule has 0 aromatic heterocycles. The summed E-state index contributed by atoms with van der Waals surface area (Å²) < 4.78 is 12.1. The molecule has 0 unspecified atom stereocenters. The van der Waals surface area contributed by atoms with E-state index in [1.165, 1.54) is 5.56 Å². The van der Waals surface area contributed by atoms with Crippen molar-refractivity contribution in [3.63, 3.8) is 0 Å². The van der Waals surface area contributed by atoms with Crippen LogP contribution >= 0.6 is 22.6 Å². The Kier molecular flexibility index (Phi) is 2.72. The first-order valence-corrected chi connectivity index (χ1v) is 5.57. The zero-order valence-electron chi connectivity index (χ0n) is 7.53. The quantitative estimate of drug-likeness (QED) is 0.418. The summed E-state index contributed by atoms with van der Waals surface area (Å²) in [5, 5.41) is 0. The summed E-state index contributed by atoms with van der Waals surface area (Å²) in [5.41, 5.74) is 1.20. The molecule has 2 rings (SSSR count). The number of alkyl halides is 2. The maximum atomic E-state index is 13.4. The Bertz CT molecular complexity index is 349. The van der Waals surface area contributed by atoms with E-state index < -0.39 is 3.68 Å². The number of hydrogen-bond donors (Lipinski definition) is 0. The number of halogens is 2. The summed E-state index contributed by atoms with van der Waals surface area (Å²) >= 11 is 1.78. The summed E-state index contributed by atoms with van der Waals surface area (Å²) in [5.74, 6) is 0.217. The maximum Gasteiger partial charge on any atom is 0.197 e. The molecule has 2 heteroatoms. The van der Waals surface area contributed by atoms with Crippen LogP contribution in [-0.2, 0) is 0 Å². The number of allylic oxidation sites excluding steroid dienone is 4. The molecular weight excluding hydrogens is 290 g/mol. The van der Waals surface area contributed by atoms with Gasteiger partial charge in [-0.25, -0.2) is 4.39 Å². The molecule has 0 aliphatic heterocycles. The highest BCUT2D eigenvalue weighted by Crippen LogP contribution is 2.32. The van der Waals surface area contributed by atoms with Crippen molar-refractivity contribution in [3.05, 3.63) is 60.2 Å². The normalized spacial score (nSPS) is 30.6. The van der Waals surface area contributed by atoms with E-state index in [2.05, 4.69) is 12.1 Å². The van der Waals surface area contributed by atoms with E-state index in [0.29, 0.717) is 0 Å². The summed E-state index contributed by atoms with van der Waals surface area (Å²) in [7, 11) is 0. The number of hydrogen-bond acceptors (Lipinski definition) is 0. The van der Waals surface area contributed by atoms with Crippen LogP contribution in [0, 0.1) is 0 Å². The molecular formula is C12H10FI. The molecule has 0 atom stereocenters. The van der Waals surface area contributed by atoms with Crippen molar-refractivity contribution >= 4 is 22.6 Å². The molecule has 0 heterocycles. The molecule has 1 aliphatic rings. The minimum Gasteiger partial charge on any atom is -0.223 e.